The third-order valence-electron chi connectivity index (χ3n) is 5.82. The van der Waals surface area contributed by atoms with E-state index in [0.29, 0.717) is 12.8 Å². The van der Waals surface area contributed by atoms with Crippen LogP contribution < -0.4 is 51.4 Å². The number of unbranched alkanes of at least 4 members (excludes halogenated alkanes) is 13. The van der Waals surface area contributed by atoms with Crippen molar-refractivity contribution in [2.75, 3.05) is 0 Å². The standard InChI is InChI=1S/C23H48O4S.K/c1-3-5-6-7-10-14-17-20-23(28(25,26)27)21-18-15-12-9-8-11-13-16-19-22(24)4-2;/h22-24H,3-21H2,1-2H3,(H,25,26,27);/q;+1/p-1. The van der Waals surface area contributed by atoms with Gasteiger partial charge in [0.15, 0.2) is 0 Å². The van der Waals surface area contributed by atoms with Crippen molar-refractivity contribution in [3.63, 3.8) is 0 Å². The third-order valence-corrected chi connectivity index (χ3v) is 7.11. The molecule has 2 atom stereocenters. The summed E-state index contributed by atoms with van der Waals surface area (Å²) in [4.78, 5) is 0. The summed E-state index contributed by atoms with van der Waals surface area (Å²) in [6, 6.07) is 0. The van der Waals surface area contributed by atoms with Gasteiger partial charge in [-0.3, -0.25) is 0 Å². The molecule has 0 aliphatic rings. The molecule has 0 radical (unpaired) electrons. The zero-order valence-corrected chi connectivity index (χ0v) is 23.6. The molecule has 0 aromatic heterocycles. The first-order chi connectivity index (χ1) is 13.4. The molecule has 4 nitrogen and oxygen atoms in total. The van der Waals surface area contributed by atoms with Crippen LogP contribution in [0.4, 0.5) is 0 Å². The molecule has 0 spiro atoms. The molecule has 0 heterocycles. The van der Waals surface area contributed by atoms with Crippen LogP contribution >= 0.6 is 0 Å². The van der Waals surface area contributed by atoms with Crippen molar-refractivity contribution in [2.45, 2.75) is 147 Å². The summed E-state index contributed by atoms with van der Waals surface area (Å²) in [7, 11) is -4.15. The first-order valence-corrected chi connectivity index (χ1v) is 13.5. The van der Waals surface area contributed by atoms with E-state index in [2.05, 4.69) is 6.92 Å². The zero-order valence-electron chi connectivity index (χ0n) is 19.7. The van der Waals surface area contributed by atoms with Crippen LogP contribution in [0.25, 0.3) is 0 Å². The molecular weight excluding hydrogens is 411 g/mol. The van der Waals surface area contributed by atoms with Crippen molar-refractivity contribution >= 4 is 10.1 Å². The van der Waals surface area contributed by atoms with Gasteiger partial charge >= 0.3 is 51.4 Å². The summed E-state index contributed by atoms with van der Waals surface area (Å²) >= 11 is 0. The van der Waals surface area contributed by atoms with E-state index in [1.165, 1.54) is 51.4 Å². The fourth-order valence-corrected chi connectivity index (χ4v) is 4.69. The Labute approximate surface area is 224 Å². The van der Waals surface area contributed by atoms with Gasteiger partial charge in [0.1, 0.15) is 0 Å². The molecule has 0 aromatic carbocycles. The van der Waals surface area contributed by atoms with E-state index in [0.717, 1.165) is 57.8 Å². The van der Waals surface area contributed by atoms with Crippen molar-refractivity contribution in [1.82, 2.24) is 0 Å². The van der Waals surface area contributed by atoms with Crippen LogP contribution in [0.1, 0.15) is 136 Å². The molecule has 0 amide bonds. The molecule has 29 heavy (non-hydrogen) atoms. The van der Waals surface area contributed by atoms with Gasteiger partial charge in [0, 0.05) is 5.25 Å². The minimum atomic E-state index is -4.15. The van der Waals surface area contributed by atoms with Gasteiger partial charge in [-0.05, 0) is 25.7 Å². The second kappa shape index (κ2) is 22.7. The summed E-state index contributed by atoms with van der Waals surface area (Å²) in [6.45, 7) is 4.21. The topological polar surface area (TPSA) is 77.4 Å². The van der Waals surface area contributed by atoms with Crippen molar-refractivity contribution in [1.29, 1.82) is 0 Å². The van der Waals surface area contributed by atoms with Gasteiger partial charge in [0.25, 0.3) is 0 Å². The second-order valence-electron chi connectivity index (χ2n) is 8.49. The predicted molar refractivity (Wildman–Crippen MR) is 119 cm³/mol. The Bertz CT molecular complexity index is 429. The second-order valence-corrected chi connectivity index (χ2v) is 10.1. The summed E-state index contributed by atoms with van der Waals surface area (Å²) in [5, 5.41) is 8.83. The zero-order chi connectivity index (χ0) is 21.1. The molecule has 0 aliphatic heterocycles. The van der Waals surface area contributed by atoms with Crippen LogP contribution in [-0.2, 0) is 10.1 Å². The normalized spacial score (nSPS) is 13.8. The minimum Gasteiger partial charge on any atom is -0.748 e. The van der Waals surface area contributed by atoms with E-state index < -0.39 is 15.4 Å². The van der Waals surface area contributed by atoms with Gasteiger partial charge in [-0.2, -0.15) is 0 Å². The van der Waals surface area contributed by atoms with E-state index in [1.807, 2.05) is 6.92 Å². The minimum absolute atomic E-state index is 0. The van der Waals surface area contributed by atoms with Crippen LogP contribution in [-0.4, -0.2) is 29.4 Å². The molecule has 0 rings (SSSR count). The van der Waals surface area contributed by atoms with Crippen molar-refractivity contribution < 1.29 is 69.5 Å². The smallest absolute Gasteiger partial charge is 0.748 e. The summed E-state index contributed by atoms with van der Waals surface area (Å²) in [5.41, 5.74) is 0. The van der Waals surface area contributed by atoms with Crippen LogP contribution in [0.3, 0.4) is 0 Å². The maximum atomic E-state index is 11.5. The van der Waals surface area contributed by atoms with Gasteiger partial charge < -0.3 is 9.66 Å². The van der Waals surface area contributed by atoms with E-state index in [4.69, 9.17) is 0 Å². The fourth-order valence-electron chi connectivity index (χ4n) is 3.78. The van der Waals surface area contributed by atoms with Crippen LogP contribution in [0, 0.1) is 0 Å². The van der Waals surface area contributed by atoms with E-state index in [1.54, 1.807) is 0 Å². The molecule has 6 heteroatoms. The monoisotopic (exact) mass is 458 g/mol. The Kier molecular flexibility index (Phi) is 25.6. The van der Waals surface area contributed by atoms with Crippen LogP contribution in [0.5, 0.6) is 0 Å². The number of aliphatic hydroxyl groups excluding tert-OH is 1. The first kappa shape index (κ1) is 32.7. The van der Waals surface area contributed by atoms with Crippen molar-refractivity contribution in [3.8, 4) is 0 Å². The number of aliphatic hydroxyl groups is 1. The molecule has 1 N–H and O–H groups in total. The average molecular weight is 459 g/mol. The van der Waals surface area contributed by atoms with Crippen LogP contribution in [0.2, 0.25) is 0 Å². The SMILES string of the molecule is CCCCCCCCCC(CCCCCCCCCCC(O)CC)S(=O)(=O)[O-].[K+]. The van der Waals surface area contributed by atoms with Gasteiger partial charge in [0.05, 0.1) is 16.2 Å². The van der Waals surface area contributed by atoms with Gasteiger partial charge in [-0.1, -0.05) is 110 Å². The molecular formula is C23H47KO4S. The summed E-state index contributed by atoms with van der Waals surface area (Å²) in [5.74, 6) is 0. The largest absolute Gasteiger partial charge is 1.00 e. The van der Waals surface area contributed by atoms with Crippen molar-refractivity contribution in [2.24, 2.45) is 0 Å². The molecule has 170 valence electrons. The Morgan fingerprint density at radius 3 is 1.34 bits per heavy atom. The number of hydrogen-bond donors (Lipinski definition) is 1. The van der Waals surface area contributed by atoms with E-state index in [9.17, 15) is 18.1 Å². The Hall–Kier alpha value is 1.51. The van der Waals surface area contributed by atoms with Gasteiger partial charge in [0.2, 0.25) is 0 Å². The summed E-state index contributed by atoms with van der Waals surface area (Å²) in [6.07, 6.45) is 19.7. The van der Waals surface area contributed by atoms with E-state index >= 15 is 0 Å². The predicted octanol–water partition coefficient (Wildman–Crippen LogP) is 3.72. The molecule has 0 saturated heterocycles. The Morgan fingerprint density at radius 2 is 1.00 bits per heavy atom. The average Bonchev–Trinajstić information content (AvgIpc) is 2.65. The number of hydrogen-bond acceptors (Lipinski definition) is 4. The Balaban J connectivity index is 0. The molecule has 0 aliphatic carbocycles. The molecule has 0 aromatic rings. The molecule has 0 bridgehead atoms. The van der Waals surface area contributed by atoms with Crippen molar-refractivity contribution in [3.05, 3.63) is 0 Å². The quantitative estimate of drug-likeness (QED) is 0.162. The third kappa shape index (κ3) is 22.5. The van der Waals surface area contributed by atoms with Gasteiger partial charge in [-0.25, -0.2) is 8.42 Å². The maximum absolute atomic E-state index is 11.5. The Morgan fingerprint density at radius 1 is 0.655 bits per heavy atom. The summed E-state index contributed by atoms with van der Waals surface area (Å²) < 4.78 is 34.5. The van der Waals surface area contributed by atoms with Gasteiger partial charge in [-0.15, -0.1) is 0 Å². The maximum Gasteiger partial charge on any atom is 1.00 e. The van der Waals surface area contributed by atoms with E-state index in [-0.39, 0.29) is 57.5 Å². The van der Waals surface area contributed by atoms with Crippen LogP contribution in [0.15, 0.2) is 0 Å². The fraction of sp³-hybridized carbons (Fsp3) is 1.00. The molecule has 0 saturated carbocycles. The first-order valence-electron chi connectivity index (χ1n) is 12.0. The molecule has 0 fully saturated rings. The number of rotatable bonds is 21. The molecule has 2 unspecified atom stereocenters.